The maximum absolute atomic E-state index is 12.1. The lowest BCUT2D eigenvalue weighted by Gasteiger charge is -2.20. The minimum Gasteiger partial charge on any atom is -0.482 e. The molecular weight excluding hydrogens is 375 g/mol. The number of halogens is 2. The Labute approximate surface area is 162 Å². The summed E-state index contributed by atoms with van der Waals surface area (Å²) in [5, 5.41) is 6.39. The summed E-state index contributed by atoms with van der Waals surface area (Å²) >= 11 is 11.8. The molecule has 5 nitrogen and oxygen atoms in total. The molecule has 0 spiro atoms. The van der Waals surface area contributed by atoms with E-state index in [1.54, 1.807) is 36.4 Å². The molecule has 26 heavy (non-hydrogen) atoms. The van der Waals surface area contributed by atoms with Crippen LogP contribution in [0.4, 0.5) is 5.69 Å². The van der Waals surface area contributed by atoms with Crippen molar-refractivity contribution >= 4 is 40.7 Å². The third kappa shape index (κ3) is 6.24. The first-order valence-electron chi connectivity index (χ1n) is 7.94. The third-order valence-corrected chi connectivity index (χ3v) is 3.70. The van der Waals surface area contributed by atoms with E-state index in [0.717, 1.165) is 0 Å². The van der Waals surface area contributed by atoms with E-state index in [0.29, 0.717) is 27.0 Å². The molecule has 2 aromatic carbocycles. The molecular formula is C19H20Cl2N2O3. The van der Waals surface area contributed by atoms with Gasteiger partial charge < -0.3 is 15.4 Å². The second kappa shape index (κ2) is 8.43. The minimum atomic E-state index is -0.345. The van der Waals surface area contributed by atoms with Gasteiger partial charge in [0.2, 0.25) is 0 Å². The molecule has 0 radical (unpaired) electrons. The Kier molecular flexibility index (Phi) is 6.51. The molecule has 138 valence electrons. The number of anilines is 1. The van der Waals surface area contributed by atoms with Gasteiger partial charge in [0, 0.05) is 21.8 Å². The molecule has 0 aliphatic rings. The van der Waals surface area contributed by atoms with Crippen LogP contribution in [0.1, 0.15) is 31.1 Å². The van der Waals surface area contributed by atoms with Crippen LogP contribution < -0.4 is 15.4 Å². The van der Waals surface area contributed by atoms with E-state index in [4.69, 9.17) is 27.9 Å². The maximum atomic E-state index is 12.1. The van der Waals surface area contributed by atoms with Crippen LogP contribution in [0.2, 0.25) is 10.0 Å². The molecule has 0 aromatic heterocycles. The number of rotatable bonds is 5. The van der Waals surface area contributed by atoms with E-state index in [1.807, 2.05) is 20.8 Å². The number of carbonyl (C=O) groups is 2. The van der Waals surface area contributed by atoms with Crippen molar-refractivity contribution in [1.82, 2.24) is 5.32 Å². The van der Waals surface area contributed by atoms with Crippen LogP contribution in [-0.2, 0) is 4.79 Å². The van der Waals surface area contributed by atoms with Crippen LogP contribution in [0.5, 0.6) is 5.75 Å². The van der Waals surface area contributed by atoms with Gasteiger partial charge in [0.15, 0.2) is 6.61 Å². The molecule has 0 bridgehead atoms. The average molecular weight is 395 g/mol. The summed E-state index contributed by atoms with van der Waals surface area (Å²) < 4.78 is 5.38. The Morgan fingerprint density at radius 2 is 1.69 bits per heavy atom. The van der Waals surface area contributed by atoms with Gasteiger partial charge in [0.25, 0.3) is 11.8 Å². The molecule has 7 heteroatoms. The molecule has 2 aromatic rings. The quantitative estimate of drug-likeness (QED) is 0.781. The highest BCUT2D eigenvalue weighted by molar-refractivity contribution is 6.35. The zero-order chi connectivity index (χ0) is 19.3. The second-order valence-corrected chi connectivity index (χ2v) is 7.54. The van der Waals surface area contributed by atoms with Gasteiger partial charge in [-0.05, 0) is 63.2 Å². The number of amides is 2. The van der Waals surface area contributed by atoms with E-state index in [1.165, 1.54) is 6.07 Å². The van der Waals surface area contributed by atoms with E-state index in [9.17, 15) is 9.59 Å². The van der Waals surface area contributed by atoms with Crippen molar-refractivity contribution in [3.05, 3.63) is 58.1 Å². The Hall–Kier alpha value is -2.24. The summed E-state index contributed by atoms with van der Waals surface area (Å²) in [6, 6.07) is 11.4. The summed E-state index contributed by atoms with van der Waals surface area (Å²) in [6.07, 6.45) is 0. The fraction of sp³-hybridized carbons (Fsp3) is 0.263. The molecule has 0 unspecified atom stereocenters. The van der Waals surface area contributed by atoms with Gasteiger partial charge in [-0.3, -0.25) is 9.59 Å². The highest BCUT2D eigenvalue weighted by atomic mass is 35.5. The normalized spacial score (nSPS) is 11.0. The summed E-state index contributed by atoms with van der Waals surface area (Å²) in [4.78, 5) is 24.1. The van der Waals surface area contributed by atoms with Crippen LogP contribution in [0.25, 0.3) is 0 Å². The predicted molar refractivity (Wildman–Crippen MR) is 104 cm³/mol. The van der Waals surface area contributed by atoms with Crippen LogP contribution in [-0.4, -0.2) is 24.0 Å². The summed E-state index contributed by atoms with van der Waals surface area (Å²) in [5.41, 5.74) is 0.764. The van der Waals surface area contributed by atoms with Gasteiger partial charge in [-0.15, -0.1) is 0 Å². The lowest BCUT2D eigenvalue weighted by molar-refractivity contribution is -0.118. The van der Waals surface area contributed by atoms with Gasteiger partial charge in [0.05, 0.1) is 5.02 Å². The Morgan fingerprint density at radius 1 is 1.04 bits per heavy atom. The Balaban J connectivity index is 1.90. The second-order valence-electron chi connectivity index (χ2n) is 6.69. The molecule has 0 saturated carbocycles. The van der Waals surface area contributed by atoms with E-state index < -0.39 is 0 Å². The van der Waals surface area contributed by atoms with Crippen molar-refractivity contribution in [3.8, 4) is 5.75 Å². The number of ether oxygens (including phenoxy) is 1. The molecule has 0 aliphatic heterocycles. The predicted octanol–water partition coefficient (Wildman–Crippen LogP) is 4.54. The molecule has 2 amide bonds. The number of nitrogens with one attached hydrogen (secondary N) is 2. The SMILES string of the molecule is CC(C)(C)NC(=O)c1ccc(NC(=O)COc2ccc(Cl)cc2Cl)cc1. The minimum absolute atomic E-state index is 0.170. The molecule has 0 heterocycles. The van der Waals surface area contributed by atoms with Crippen LogP contribution in [0, 0.1) is 0 Å². The van der Waals surface area contributed by atoms with Crippen LogP contribution in [0.15, 0.2) is 42.5 Å². The van der Waals surface area contributed by atoms with Crippen molar-refractivity contribution < 1.29 is 14.3 Å². The molecule has 2 rings (SSSR count). The standard InChI is InChI=1S/C19H20Cl2N2O3/c1-19(2,3)23-18(25)12-4-7-14(8-5-12)22-17(24)11-26-16-9-6-13(20)10-15(16)21/h4-10H,11H2,1-3H3,(H,22,24)(H,23,25). The molecule has 0 atom stereocenters. The van der Waals surface area contributed by atoms with Crippen molar-refractivity contribution in [2.24, 2.45) is 0 Å². The number of hydrogen-bond donors (Lipinski definition) is 2. The van der Waals surface area contributed by atoms with Gasteiger partial charge in [-0.1, -0.05) is 23.2 Å². The molecule has 0 saturated heterocycles. The molecule has 2 N–H and O–H groups in total. The molecule has 0 fully saturated rings. The highest BCUT2D eigenvalue weighted by Gasteiger charge is 2.15. The zero-order valence-electron chi connectivity index (χ0n) is 14.7. The first-order chi connectivity index (χ1) is 12.1. The highest BCUT2D eigenvalue weighted by Crippen LogP contribution is 2.27. The van der Waals surface area contributed by atoms with Crippen LogP contribution >= 0.6 is 23.2 Å². The monoisotopic (exact) mass is 394 g/mol. The Morgan fingerprint density at radius 3 is 2.27 bits per heavy atom. The van der Waals surface area contributed by atoms with E-state index in [-0.39, 0.29) is 24.0 Å². The summed E-state index contributed by atoms with van der Waals surface area (Å²) in [7, 11) is 0. The topological polar surface area (TPSA) is 67.4 Å². The van der Waals surface area contributed by atoms with Crippen molar-refractivity contribution in [2.45, 2.75) is 26.3 Å². The Bertz CT molecular complexity index is 799. The molecule has 0 aliphatic carbocycles. The lowest BCUT2D eigenvalue weighted by Crippen LogP contribution is -2.40. The van der Waals surface area contributed by atoms with Gasteiger partial charge in [-0.2, -0.15) is 0 Å². The maximum Gasteiger partial charge on any atom is 0.262 e. The van der Waals surface area contributed by atoms with E-state index >= 15 is 0 Å². The number of benzene rings is 2. The fourth-order valence-electron chi connectivity index (χ4n) is 2.05. The number of hydrogen-bond acceptors (Lipinski definition) is 3. The number of carbonyl (C=O) groups excluding carboxylic acids is 2. The largest absolute Gasteiger partial charge is 0.482 e. The summed E-state index contributed by atoms with van der Waals surface area (Å²) in [6.45, 7) is 5.53. The van der Waals surface area contributed by atoms with Crippen molar-refractivity contribution in [3.63, 3.8) is 0 Å². The fourth-order valence-corrected chi connectivity index (χ4v) is 2.51. The third-order valence-electron chi connectivity index (χ3n) is 3.17. The average Bonchev–Trinajstić information content (AvgIpc) is 2.53. The van der Waals surface area contributed by atoms with Crippen molar-refractivity contribution in [2.75, 3.05) is 11.9 Å². The first-order valence-corrected chi connectivity index (χ1v) is 8.70. The van der Waals surface area contributed by atoms with Gasteiger partial charge in [0.1, 0.15) is 5.75 Å². The lowest BCUT2D eigenvalue weighted by atomic mass is 10.1. The first kappa shape index (κ1) is 20.1. The van der Waals surface area contributed by atoms with Crippen LogP contribution in [0.3, 0.4) is 0 Å². The van der Waals surface area contributed by atoms with Crippen molar-refractivity contribution in [1.29, 1.82) is 0 Å². The smallest absolute Gasteiger partial charge is 0.262 e. The summed E-state index contributed by atoms with van der Waals surface area (Å²) in [5.74, 6) is -0.139. The zero-order valence-corrected chi connectivity index (χ0v) is 16.2. The van der Waals surface area contributed by atoms with Gasteiger partial charge in [-0.25, -0.2) is 0 Å². The van der Waals surface area contributed by atoms with Gasteiger partial charge >= 0.3 is 0 Å². The van der Waals surface area contributed by atoms with E-state index in [2.05, 4.69) is 10.6 Å².